The van der Waals surface area contributed by atoms with E-state index in [0.29, 0.717) is 11.8 Å². The van der Waals surface area contributed by atoms with Gasteiger partial charge in [0.25, 0.3) is 5.69 Å². The van der Waals surface area contributed by atoms with Gasteiger partial charge in [0.15, 0.2) is 0 Å². The number of nitro groups is 1. The lowest BCUT2D eigenvalue weighted by Crippen LogP contribution is -2.29. The first kappa shape index (κ1) is 14.3. The van der Waals surface area contributed by atoms with Gasteiger partial charge in [-0.15, -0.1) is 0 Å². The first-order chi connectivity index (χ1) is 11.1. The van der Waals surface area contributed by atoms with E-state index < -0.39 is 0 Å². The molecule has 4 nitrogen and oxygen atoms in total. The number of halogens is 1. The van der Waals surface area contributed by atoms with Crippen molar-refractivity contribution in [1.29, 1.82) is 0 Å². The van der Waals surface area contributed by atoms with Crippen LogP contribution in [0.4, 0.5) is 11.4 Å². The van der Waals surface area contributed by atoms with Gasteiger partial charge in [-0.1, -0.05) is 35.9 Å². The number of anilines is 1. The van der Waals surface area contributed by atoms with E-state index >= 15 is 0 Å². The van der Waals surface area contributed by atoms with Crippen molar-refractivity contribution >= 4 is 23.0 Å². The minimum atomic E-state index is -0.366. The number of hydrogen-bond donors (Lipinski definition) is 1. The molecule has 0 saturated heterocycles. The maximum atomic E-state index is 10.8. The summed E-state index contributed by atoms with van der Waals surface area (Å²) in [6.07, 6.45) is 5.45. The van der Waals surface area contributed by atoms with E-state index in [2.05, 4.69) is 17.5 Å². The number of rotatable bonds is 2. The van der Waals surface area contributed by atoms with E-state index in [1.807, 2.05) is 30.3 Å². The Morgan fingerprint density at radius 3 is 2.70 bits per heavy atom. The van der Waals surface area contributed by atoms with Gasteiger partial charge in [-0.25, -0.2) is 0 Å². The van der Waals surface area contributed by atoms with Crippen molar-refractivity contribution in [1.82, 2.24) is 0 Å². The molecule has 23 heavy (non-hydrogen) atoms. The maximum absolute atomic E-state index is 10.8. The molecule has 0 bridgehead atoms. The molecule has 0 spiro atoms. The molecule has 2 aliphatic rings. The fourth-order valence-corrected chi connectivity index (χ4v) is 3.88. The fourth-order valence-electron chi connectivity index (χ4n) is 3.70. The zero-order valence-electron chi connectivity index (χ0n) is 12.3. The number of nitrogens with zero attached hydrogens (tertiary/aromatic N) is 1. The predicted molar refractivity (Wildman–Crippen MR) is 90.9 cm³/mol. The normalized spacial score (nSPS) is 24.7. The Balaban J connectivity index is 1.73. The molecule has 2 aromatic carbocycles. The Hall–Kier alpha value is -2.33. The van der Waals surface area contributed by atoms with Gasteiger partial charge in [0.2, 0.25) is 0 Å². The van der Waals surface area contributed by atoms with Crippen molar-refractivity contribution in [3.05, 3.63) is 80.9 Å². The highest BCUT2D eigenvalue weighted by molar-refractivity contribution is 6.30. The van der Waals surface area contributed by atoms with Gasteiger partial charge in [0.05, 0.1) is 11.0 Å². The fraction of sp³-hybridized carbons (Fsp3) is 0.222. The van der Waals surface area contributed by atoms with Crippen molar-refractivity contribution in [2.45, 2.75) is 18.4 Å². The molecule has 1 heterocycles. The van der Waals surface area contributed by atoms with Crippen LogP contribution in [-0.2, 0) is 0 Å². The third kappa shape index (κ3) is 2.39. The van der Waals surface area contributed by atoms with E-state index in [-0.39, 0.29) is 16.7 Å². The molecule has 2 aromatic rings. The number of non-ortho nitro benzene ring substituents is 1. The molecule has 5 heteroatoms. The van der Waals surface area contributed by atoms with Crippen molar-refractivity contribution in [3.8, 4) is 0 Å². The summed E-state index contributed by atoms with van der Waals surface area (Å²) < 4.78 is 0. The minimum absolute atomic E-state index is 0.123. The lowest BCUT2D eigenvalue weighted by Gasteiger charge is -2.37. The minimum Gasteiger partial charge on any atom is -0.378 e. The van der Waals surface area contributed by atoms with E-state index in [9.17, 15) is 10.1 Å². The van der Waals surface area contributed by atoms with E-state index in [4.69, 9.17) is 11.6 Å². The molecule has 4 rings (SSSR count). The van der Waals surface area contributed by atoms with Crippen molar-refractivity contribution in [2.75, 3.05) is 5.32 Å². The topological polar surface area (TPSA) is 55.2 Å². The average molecular weight is 327 g/mol. The zero-order valence-corrected chi connectivity index (χ0v) is 13.0. The molecule has 1 aliphatic heterocycles. The lowest BCUT2D eigenvalue weighted by atomic mass is 9.77. The first-order valence-electron chi connectivity index (χ1n) is 7.60. The second-order valence-corrected chi connectivity index (χ2v) is 6.49. The largest absolute Gasteiger partial charge is 0.378 e. The van der Waals surface area contributed by atoms with Crippen LogP contribution in [0.3, 0.4) is 0 Å². The Morgan fingerprint density at radius 2 is 1.96 bits per heavy atom. The summed E-state index contributed by atoms with van der Waals surface area (Å²) in [4.78, 5) is 10.5. The SMILES string of the molecule is O=[N+]([O-])c1ccc([C@@H]2Nc3ccc(Cl)cc3[C@@H]3C=CC[C@@H]32)cc1. The molecule has 0 amide bonds. The summed E-state index contributed by atoms with van der Waals surface area (Å²) in [6, 6.07) is 12.9. The number of nitrogens with one attached hydrogen (secondary N) is 1. The summed E-state index contributed by atoms with van der Waals surface area (Å²) in [6.45, 7) is 0. The quantitative estimate of drug-likeness (QED) is 0.476. The Morgan fingerprint density at radius 1 is 1.17 bits per heavy atom. The van der Waals surface area contributed by atoms with Crippen LogP contribution in [0.2, 0.25) is 5.02 Å². The monoisotopic (exact) mass is 326 g/mol. The highest BCUT2D eigenvalue weighted by atomic mass is 35.5. The number of fused-ring (bicyclic) bond motifs is 3. The Bertz CT molecular complexity index is 801. The maximum Gasteiger partial charge on any atom is 0.269 e. The molecule has 0 fully saturated rings. The standard InChI is InChI=1S/C18H15ClN2O2/c19-12-6-9-17-16(10-12)14-2-1-3-15(14)18(20-17)11-4-7-13(8-5-11)21(22)23/h1-2,4-10,14-15,18,20H,3H2/t14-,15+,18+/m1/s1. The van der Waals surface area contributed by atoms with Gasteiger partial charge in [0.1, 0.15) is 0 Å². The Labute approximate surface area is 138 Å². The molecule has 3 atom stereocenters. The molecular weight excluding hydrogens is 312 g/mol. The van der Waals surface area contributed by atoms with Crippen LogP contribution in [0.1, 0.15) is 29.5 Å². The van der Waals surface area contributed by atoms with Crippen LogP contribution in [0.5, 0.6) is 0 Å². The summed E-state index contributed by atoms with van der Waals surface area (Å²) in [5.74, 6) is 0.743. The molecule has 0 radical (unpaired) electrons. The predicted octanol–water partition coefficient (Wildman–Crippen LogP) is 5.07. The van der Waals surface area contributed by atoms with Gasteiger partial charge < -0.3 is 5.32 Å². The number of allylic oxidation sites excluding steroid dienone is 2. The highest BCUT2D eigenvalue weighted by Crippen LogP contribution is 2.50. The number of hydrogen-bond acceptors (Lipinski definition) is 3. The van der Waals surface area contributed by atoms with Crippen LogP contribution in [0, 0.1) is 16.0 Å². The number of benzene rings is 2. The van der Waals surface area contributed by atoms with Crippen molar-refractivity contribution in [3.63, 3.8) is 0 Å². The second kappa shape index (κ2) is 5.39. The van der Waals surface area contributed by atoms with Gasteiger partial charge in [0, 0.05) is 28.8 Å². The van der Waals surface area contributed by atoms with Crippen LogP contribution in [-0.4, -0.2) is 4.92 Å². The lowest BCUT2D eigenvalue weighted by molar-refractivity contribution is -0.384. The van der Waals surface area contributed by atoms with Crippen molar-refractivity contribution in [2.24, 2.45) is 5.92 Å². The third-order valence-corrected chi connectivity index (χ3v) is 5.02. The molecular formula is C18H15ClN2O2. The molecule has 0 unspecified atom stereocenters. The summed E-state index contributed by atoms with van der Waals surface area (Å²) in [5, 5.41) is 15.2. The smallest absolute Gasteiger partial charge is 0.269 e. The summed E-state index contributed by atoms with van der Waals surface area (Å²) >= 11 is 6.15. The van der Waals surface area contributed by atoms with Crippen LogP contribution in [0.15, 0.2) is 54.6 Å². The van der Waals surface area contributed by atoms with Gasteiger partial charge >= 0.3 is 0 Å². The van der Waals surface area contributed by atoms with E-state index in [1.54, 1.807) is 12.1 Å². The molecule has 0 aromatic heterocycles. The van der Waals surface area contributed by atoms with Gasteiger partial charge in [-0.3, -0.25) is 10.1 Å². The zero-order chi connectivity index (χ0) is 16.0. The van der Waals surface area contributed by atoms with Gasteiger partial charge in [-0.2, -0.15) is 0 Å². The van der Waals surface area contributed by atoms with E-state index in [0.717, 1.165) is 22.7 Å². The van der Waals surface area contributed by atoms with Gasteiger partial charge in [-0.05, 0) is 41.7 Å². The summed E-state index contributed by atoms with van der Waals surface area (Å²) in [5.41, 5.74) is 3.52. The number of nitro benzene ring substituents is 1. The third-order valence-electron chi connectivity index (χ3n) is 4.79. The molecule has 116 valence electrons. The Kier molecular flexibility index (Phi) is 3.34. The first-order valence-corrected chi connectivity index (χ1v) is 7.98. The summed E-state index contributed by atoms with van der Waals surface area (Å²) in [7, 11) is 0. The van der Waals surface area contributed by atoms with Crippen LogP contribution in [0.25, 0.3) is 0 Å². The second-order valence-electron chi connectivity index (χ2n) is 6.06. The molecule has 0 saturated carbocycles. The van der Waals surface area contributed by atoms with Crippen molar-refractivity contribution < 1.29 is 4.92 Å². The van der Waals surface area contributed by atoms with Crippen LogP contribution >= 0.6 is 11.6 Å². The highest BCUT2D eigenvalue weighted by Gasteiger charge is 2.37. The van der Waals surface area contributed by atoms with E-state index in [1.165, 1.54) is 5.56 Å². The molecule has 1 aliphatic carbocycles. The van der Waals surface area contributed by atoms with Crippen LogP contribution < -0.4 is 5.32 Å². The average Bonchev–Trinajstić information content (AvgIpc) is 3.04. The molecule has 1 N–H and O–H groups in total.